The Labute approximate surface area is 182 Å². The van der Waals surface area contributed by atoms with Crippen LogP contribution in [0, 0.1) is 5.41 Å². The highest BCUT2D eigenvalue weighted by Gasteiger charge is 2.26. The fourth-order valence-corrected chi connectivity index (χ4v) is 3.63. The van der Waals surface area contributed by atoms with Gasteiger partial charge in [0.15, 0.2) is 11.5 Å². The summed E-state index contributed by atoms with van der Waals surface area (Å²) < 4.78 is 24.0. The van der Waals surface area contributed by atoms with Gasteiger partial charge in [0.05, 0.1) is 33.0 Å². The molecule has 3 rings (SSSR count). The molecule has 2 amide bonds. The van der Waals surface area contributed by atoms with E-state index in [-0.39, 0.29) is 12.1 Å². The molecular formula is C23H29FN4O3. The van der Waals surface area contributed by atoms with Crippen LogP contribution in [0.25, 0.3) is 0 Å². The van der Waals surface area contributed by atoms with Crippen LogP contribution in [0.4, 0.5) is 14.9 Å². The summed E-state index contributed by atoms with van der Waals surface area (Å²) in [5.74, 6) is 1.10. The monoisotopic (exact) mass is 428 g/mol. The molecule has 0 spiro atoms. The lowest BCUT2D eigenvalue weighted by Crippen LogP contribution is -2.48. The molecule has 0 bridgehead atoms. The zero-order valence-electron chi connectivity index (χ0n) is 18.3. The molecule has 0 saturated carbocycles. The van der Waals surface area contributed by atoms with Crippen LogP contribution >= 0.6 is 0 Å². The zero-order chi connectivity index (χ0) is 22.5. The number of urea groups is 1. The Morgan fingerprint density at radius 2 is 1.81 bits per heavy atom. The van der Waals surface area contributed by atoms with Crippen LogP contribution in [0.2, 0.25) is 0 Å². The number of carbonyl (C=O) groups excluding carboxylic acids is 1. The van der Waals surface area contributed by atoms with Gasteiger partial charge in [-0.25, -0.2) is 9.18 Å². The van der Waals surface area contributed by atoms with E-state index in [1.807, 2.05) is 42.2 Å². The number of methoxy groups -OCH3 is 2. The molecule has 166 valence electrons. The van der Waals surface area contributed by atoms with E-state index >= 15 is 0 Å². The van der Waals surface area contributed by atoms with Crippen LogP contribution < -0.4 is 25.0 Å². The third-order valence-corrected chi connectivity index (χ3v) is 5.37. The van der Waals surface area contributed by atoms with Crippen LogP contribution in [-0.4, -0.2) is 58.3 Å². The SMILES string of the molecule is CNC(=O)N[C@@H](C)Cc1cc(OC)c(OC)cc1C(=N)c1ccc(N2CC(F)C2)cc1. The van der Waals surface area contributed by atoms with Crippen LogP contribution in [0.5, 0.6) is 11.5 Å². The van der Waals surface area contributed by atoms with Crippen molar-refractivity contribution in [1.82, 2.24) is 10.6 Å². The summed E-state index contributed by atoms with van der Waals surface area (Å²) in [7, 11) is 4.69. The number of halogens is 1. The summed E-state index contributed by atoms with van der Waals surface area (Å²) >= 11 is 0. The van der Waals surface area contributed by atoms with Crippen molar-refractivity contribution in [2.45, 2.75) is 25.6 Å². The number of benzene rings is 2. The number of alkyl halides is 1. The highest BCUT2D eigenvalue weighted by atomic mass is 19.1. The third-order valence-electron chi connectivity index (χ3n) is 5.37. The van der Waals surface area contributed by atoms with Gasteiger partial charge >= 0.3 is 6.03 Å². The molecule has 1 aliphatic rings. The summed E-state index contributed by atoms with van der Waals surface area (Å²) in [6, 6.07) is 10.8. The average molecular weight is 429 g/mol. The minimum Gasteiger partial charge on any atom is -0.493 e. The maximum absolute atomic E-state index is 13.1. The lowest BCUT2D eigenvalue weighted by Gasteiger charge is -2.36. The van der Waals surface area contributed by atoms with E-state index in [2.05, 4.69) is 10.6 Å². The number of anilines is 1. The molecule has 8 heteroatoms. The largest absolute Gasteiger partial charge is 0.493 e. The van der Waals surface area contributed by atoms with Gasteiger partial charge in [-0.3, -0.25) is 5.41 Å². The highest BCUT2D eigenvalue weighted by molar-refractivity contribution is 6.12. The predicted molar refractivity (Wildman–Crippen MR) is 120 cm³/mol. The summed E-state index contributed by atoms with van der Waals surface area (Å²) in [6.45, 7) is 2.72. The maximum Gasteiger partial charge on any atom is 0.314 e. The van der Waals surface area contributed by atoms with Gasteiger partial charge in [-0.15, -0.1) is 0 Å². The Balaban J connectivity index is 1.89. The zero-order valence-corrected chi connectivity index (χ0v) is 18.3. The Morgan fingerprint density at radius 1 is 1.19 bits per heavy atom. The molecule has 3 N–H and O–H groups in total. The van der Waals surface area contributed by atoms with E-state index < -0.39 is 6.17 Å². The Hall–Kier alpha value is -3.29. The van der Waals surface area contributed by atoms with Crippen molar-refractivity contribution in [3.05, 3.63) is 53.1 Å². The van der Waals surface area contributed by atoms with Gasteiger partial charge < -0.3 is 25.0 Å². The molecular weight excluding hydrogens is 399 g/mol. The van der Waals surface area contributed by atoms with Crippen LogP contribution in [-0.2, 0) is 6.42 Å². The molecule has 31 heavy (non-hydrogen) atoms. The van der Waals surface area contributed by atoms with Crippen LogP contribution in [0.3, 0.4) is 0 Å². The van der Waals surface area contributed by atoms with Gasteiger partial charge in [-0.2, -0.15) is 0 Å². The molecule has 0 unspecified atom stereocenters. The fraction of sp³-hybridized carbons (Fsp3) is 0.391. The van der Waals surface area contributed by atoms with E-state index in [4.69, 9.17) is 14.9 Å². The number of amides is 2. The molecule has 2 aromatic carbocycles. The molecule has 0 radical (unpaired) electrons. The van der Waals surface area contributed by atoms with Crippen molar-refractivity contribution in [2.75, 3.05) is 39.3 Å². The molecule has 1 saturated heterocycles. The summed E-state index contributed by atoms with van der Waals surface area (Å²) in [6.07, 6.45) is -0.257. The number of carbonyl (C=O) groups is 1. The second kappa shape index (κ2) is 9.68. The molecule has 0 aliphatic carbocycles. The topological polar surface area (TPSA) is 86.7 Å². The summed E-state index contributed by atoms with van der Waals surface area (Å²) in [4.78, 5) is 13.6. The number of hydrogen-bond donors (Lipinski definition) is 3. The van der Waals surface area contributed by atoms with Crippen molar-refractivity contribution >= 4 is 17.4 Å². The summed E-state index contributed by atoms with van der Waals surface area (Å²) in [5, 5.41) is 14.2. The fourth-order valence-electron chi connectivity index (χ4n) is 3.63. The van der Waals surface area contributed by atoms with E-state index in [1.165, 1.54) is 0 Å². The highest BCUT2D eigenvalue weighted by Crippen LogP contribution is 2.33. The first kappa shape index (κ1) is 22.4. The van der Waals surface area contributed by atoms with Crippen LogP contribution in [0.1, 0.15) is 23.6 Å². The lowest BCUT2D eigenvalue weighted by molar-refractivity contribution is 0.239. The Kier molecular flexibility index (Phi) is 6.99. The third kappa shape index (κ3) is 5.07. The molecule has 1 fully saturated rings. The molecule has 2 aromatic rings. The van der Waals surface area contributed by atoms with E-state index in [0.717, 1.165) is 16.8 Å². The molecule has 1 aliphatic heterocycles. The minimum absolute atomic E-state index is 0.160. The molecule has 0 aromatic heterocycles. The first-order valence-electron chi connectivity index (χ1n) is 10.2. The first-order valence-corrected chi connectivity index (χ1v) is 10.2. The van der Waals surface area contributed by atoms with Crippen molar-refractivity contribution < 1.29 is 18.7 Å². The predicted octanol–water partition coefficient (Wildman–Crippen LogP) is 3.14. The smallest absolute Gasteiger partial charge is 0.314 e. The van der Waals surface area contributed by atoms with Crippen molar-refractivity contribution in [1.29, 1.82) is 5.41 Å². The number of rotatable bonds is 8. The number of nitrogens with one attached hydrogen (secondary N) is 3. The standard InChI is InChI=1S/C23H29FN4O3/c1-14(27-23(29)26-2)9-16-10-20(30-3)21(31-4)11-19(16)22(25)15-5-7-18(8-6-15)28-12-17(24)13-28/h5-8,10-11,14,17,25H,9,12-13H2,1-4H3,(H2,26,27,29)/t14-/m0/s1. The summed E-state index contributed by atoms with van der Waals surface area (Å²) in [5.41, 5.74) is 3.58. The van der Waals surface area contributed by atoms with Gasteiger partial charge in [0.25, 0.3) is 0 Å². The van der Waals surface area contributed by atoms with Gasteiger partial charge in [-0.1, -0.05) is 12.1 Å². The first-order chi connectivity index (χ1) is 14.9. The van der Waals surface area contributed by atoms with Crippen molar-refractivity contribution in [3.8, 4) is 11.5 Å². The quantitative estimate of drug-likeness (QED) is 0.564. The van der Waals surface area contributed by atoms with Gasteiger partial charge in [0.1, 0.15) is 6.17 Å². The second-order valence-electron chi connectivity index (χ2n) is 7.62. The van der Waals surface area contributed by atoms with E-state index in [0.29, 0.717) is 42.3 Å². The van der Waals surface area contributed by atoms with E-state index in [1.54, 1.807) is 27.3 Å². The number of hydrogen-bond acceptors (Lipinski definition) is 5. The second-order valence-corrected chi connectivity index (χ2v) is 7.62. The normalized spacial score (nSPS) is 14.4. The van der Waals surface area contributed by atoms with Crippen molar-refractivity contribution in [3.63, 3.8) is 0 Å². The Bertz CT molecular complexity index is 943. The molecule has 7 nitrogen and oxygen atoms in total. The minimum atomic E-state index is -0.766. The average Bonchev–Trinajstić information content (AvgIpc) is 2.76. The lowest BCUT2D eigenvalue weighted by atomic mass is 9.93. The van der Waals surface area contributed by atoms with Gasteiger partial charge in [-0.05, 0) is 43.2 Å². The van der Waals surface area contributed by atoms with Gasteiger partial charge in [0.2, 0.25) is 0 Å². The number of nitrogens with zero attached hydrogens (tertiary/aromatic N) is 1. The van der Waals surface area contributed by atoms with Crippen LogP contribution in [0.15, 0.2) is 36.4 Å². The Morgan fingerprint density at radius 3 is 2.35 bits per heavy atom. The van der Waals surface area contributed by atoms with E-state index in [9.17, 15) is 9.18 Å². The molecule has 1 atom stereocenters. The molecule has 1 heterocycles. The maximum atomic E-state index is 13.1. The van der Waals surface area contributed by atoms with Gasteiger partial charge in [0, 0.05) is 29.9 Å². The number of ether oxygens (including phenoxy) is 2. The van der Waals surface area contributed by atoms with Crippen molar-refractivity contribution in [2.24, 2.45) is 0 Å².